The maximum absolute atomic E-state index is 5.04. The molecule has 1 saturated heterocycles. The summed E-state index contributed by atoms with van der Waals surface area (Å²) in [5.41, 5.74) is 0. The van der Waals surface area contributed by atoms with E-state index in [0.29, 0.717) is 0 Å². The van der Waals surface area contributed by atoms with Crippen molar-refractivity contribution in [2.45, 2.75) is 0 Å². The van der Waals surface area contributed by atoms with Crippen LogP contribution in [0, 0.1) is 0 Å². The SMILES string of the molecule is CN1CSC(=S)N(C)C1.[H-].[Na+]. The monoisotopic (exact) mass is 186 g/mol. The number of nitrogens with zero attached hydrogens (tertiary/aromatic N) is 2. The topological polar surface area (TPSA) is 6.48 Å². The van der Waals surface area contributed by atoms with Crippen LogP contribution in [0.15, 0.2) is 0 Å². The first-order valence-corrected chi connectivity index (χ1v) is 4.16. The predicted octanol–water partition coefficient (Wildman–Crippen LogP) is -2.09. The van der Waals surface area contributed by atoms with Crippen molar-refractivity contribution in [1.29, 1.82) is 0 Å². The van der Waals surface area contributed by atoms with Gasteiger partial charge in [-0.05, 0) is 7.05 Å². The van der Waals surface area contributed by atoms with E-state index in [-0.39, 0.29) is 31.0 Å². The molecule has 1 heterocycles. The second-order valence-electron chi connectivity index (χ2n) is 2.23. The molecule has 1 aliphatic heterocycles. The summed E-state index contributed by atoms with van der Waals surface area (Å²) < 4.78 is 1.01. The zero-order valence-corrected chi connectivity index (χ0v) is 10.3. The molecule has 1 aliphatic rings. The molecule has 5 heteroatoms. The fourth-order valence-corrected chi connectivity index (χ4v) is 1.64. The van der Waals surface area contributed by atoms with E-state index in [1.54, 1.807) is 11.8 Å². The molecule has 0 aliphatic carbocycles. The number of hydrogen-bond acceptors (Lipinski definition) is 3. The van der Waals surface area contributed by atoms with E-state index >= 15 is 0 Å². The van der Waals surface area contributed by atoms with E-state index in [0.717, 1.165) is 16.9 Å². The third-order valence-electron chi connectivity index (χ3n) is 1.17. The van der Waals surface area contributed by atoms with Crippen LogP contribution >= 0.6 is 24.0 Å². The molecule has 0 aromatic rings. The van der Waals surface area contributed by atoms with Gasteiger partial charge in [-0.2, -0.15) is 0 Å². The molecule has 54 valence electrons. The van der Waals surface area contributed by atoms with Gasteiger partial charge in [0.25, 0.3) is 0 Å². The van der Waals surface area contributed by atoms with Gasteiger partial charge in [-0.25, -0.2) is 0 Å². The van der Waals surface area contributed by atoms with E-state index in [9.17, 15) is 0 Å². The number of thiocarbonyl (C=S) groups is 1. The minimum absolute atomic E-state index is 0. The summed E-state index contributed by atoms with van der Waals surface area (Å²) in [5.74, 6) is 1.03. The average Bonchev–Trinajstić information content (AvgIpc) is 1.80. The summed E-state index contributed by atoms with van der Waals surface area (Å²) in [4.78, 5) is 4.30. The third kappa shape index (κ3) is 3.07. The van der Waals surface area contributed by atoms with Crippen LogP contribution in [0.4, 0.5) is 0 Å². The summed E-state index contributed by atoms with van der Waals surface area (Å²) in [6, 6.07) is 0. The van der Waals surface area contributed by atoms with Gasteiger partial charge in [0.05, 0.1) is 12.5 Å². The third-order valence-corrected chi connectivity index (χ3v) is 2.97. The summed E-state index contributed by atoms with van der Waals surface area (Å²) in [6.45, 7) is 0.964. The van der Waals surface area contributed by atoms with Crippen LogP contribution < -0.4 is 29.6 Å². The first kappa shape index (κ1) is 11.2. The van der Waals surface area contributed by atoms with Gasteiger partial charge in [0.1, 0.15) is 4.32 Å². The van der Waals surface area contributed by atoms with E-state index in [4.69, 9.17) is 12.2 Å². The maximum atomic E-state index is 5.04. The summed E-state index contributed by atoms with van der Waals surface area (Å²) in [6.07, 6.45) is 0. The predicted molar refractivity (Wildman–Crippen MR) is 46.6 cm³/mol. The Balaban J connectivity index is 0. The molecule has 0 unspecified atom stereocenters. The molecule has 0 aromatic heterocycles. The van der Waals surface area contributed by atoms with Crippen molar-refractivity contribution in [3.8, 4) is 0 Å². The molecule has 1 rings (SSSR count). The molecular formula is C5H11N2NaS2. The fourth-order valence-electron chi connectivity index (χ4n) is 0.736. The van der Waals surface area contributed by atoms with Gasteiger partial charge in [-0.3, -0.25) is 4.90 Å². The van der Waals surface area contributed by atoms with Gasteiger partial charge in [-0.1, -0.05) is 24.0 Å². The van der Waals surface area contributed by atoms with Gasteiger partial charge in [0.15, 0.2) is 0 Å². The summed E-state index contributed by atoms with van der Waals surface area (Å²) in [5, 5.41) is 0. The van der Waals surface area contributed by atoms with Gasteiger partial charge in [0, 0.05) is 7.05 Å². The van der Waals surface area contributed by atoms with Crippen LogP contribution in [0.1, 0.15) is 1.43 Å². The molecule has 0 radical (unpaired) electrons. The Hall–Kier alpha value is 1.20. The molecule has 0 bridgehead atoms. The second kappa shape index (κ2) is 4.95. The van der Waals surface area contributed by atoms with Crippen LogP contribution in [0.5, 0.6) is 0 Å². The largest absolute Gasteiger partial charge is 1.00 e. The van der Waals surface area contributed by atoms with Crippen LogP contribution in [0.3, 0.4) is 0 Å². The molecule has 0 aromatic carbocycles. The van der Waals surface area contributed by atoms with Crippen molar-refractivity contribution in [3.05, 3.63) is 0 Å². The van der Waals surface area contributed by atoms with E-state index in [1.807, 2.05) is 7.05 Å². The second-order valence-corrected chi connectivity index (χ2v) is 3.81. The number of hydrogen-bond donors (Lipinski definition) is 0. The van der Waals surface area contributed by atoms with Crippen molar-refractivity contribution >= 4 is 28.3 Å². The first-order chi connectivity index (χ1) is 4.20. The fraction of sp³-hybridized carbons (Fsp3) is 0.800. The summed E-state index contributed by atoms with van der Waals surface area (Å²) >= 11 is 6.76. The van der Waals surface area contributed by atoms with Crippen LogP contribution in [0.25, 0.3) is 0 Å². The van der Waals surface area contributed by atoms with Gasteiger partial charge in [0.2, 0.25) is 0 Å². The van der Waals surface area contributed by atoms with Crippen LogP contribution in [-0.2, 0) is 0 Å². The van der Waals surface area contributed by atoms with Gasteiger partial charge >= 0.3 is 29.6 Å². The van der Waals surface area contributed by atoms with E-state index in [2.05, 4.69) is 16.8 Å². The molecule has 0 saturated carbocycles. The zero-order chi connectivity index (χ0) is 6.85. The number of rotatable bonds is 0. The van der Waals surface area contributed by atoms with E-state index in [1.165, 1.54) is 0 Å². The molecule has 0 amide bonds. The summed E-state index contributed by atoms with van der Waals surface area (Å²) in [7, 11) is 4.11. The molecule has 1 fully saturated rings. The smallest absolute Gasteiger partial charge is 1.00 e. The molecule has 0 atom stereocenters. The minimum atomic E-state index is 0. The zero-order valence-electron chi connectivity index (χ0n) is 7.63. The Kier molecular flexibility index (Phi) is 5.55. The average molecular weight is 186 g/mol. The Labute approximate surface area is 95.1 Å². The Bertz CT molecular complexity index is 136. The van der Waals surface area contributed by atoms with Crippen LogP contribution in [0.2, 0.25) is 0 Å². The maximum Gasteiger partial charge on any atom is 1.00 e. The normalized spacial score (nSPS) is 20.6. The molecule has 10 heavy (non-hydrogen) atoms. The van der Waals surface area contributed by atoms with E-state index < -0.39 is 0 Å². The Morgan fingerprint density at radius 2 is 2.20 bits per heavy atom. The van der Waals surface area contributed by atoms with Crippen molar-refractivity contribution in [2.24, 2.45) is 0 Å². The number of thioether (sulfide) groups is 1. The van der Waals surface area contributed by atoms with Gasteiger partial charge in [-0.15, -0.1) is 0 Å². The Morgan fingerprint density at radius 3 is 2.60 bits per heavy atom. The minimum Gasteiger partial charge on any atom is -1.00 e. The molecular weight excluding hydrogens is 175 g/mol. The standard InChI is InChI=1S/C5H10N2S2.Na.H/c1-6-3-7(2)5(8)9-4-6;;/h3-4H2,1-2H3;;/q;+1;-1. The van der Waals surface area contributed by atoms with Gasteiger partial charge < -0.3 is 6.33 Å². The first-order valence-electron chi connectivity index (χ1n) is 2.76. The van der Waals surface area contributed by atoms with Crippen molar-refractivity contribution in [2.75, 3.05) is 26.6 Å². The molecule has 0 N–H and O–H groups in total. The Morgan fingerprint density at radius 1 is 1.60 bits per heavy atom. The molecule has 2 nitrogen and oxygen atoms in total. The van der Waals surface area contributed by atoms with Crippen LogP contribution in [-0.4, -0.2) is 40.8 Å². The molecule has 0 spiro atoms. The van der Waals surface area contributed by atoms with Crippen molar-refractivity contribution in [1.82, 2.24) is 9.80 Å². The van der Waals surface area contributed by atoms with Crippen molar-refractivity contribution in [3.63, 3.8) is 0 Å². The van der Waals surface area contributed by atoms with Crippen molar-refractivity contribution < 1.29 is 31.0 Å². The quantitative estimate of drug-likeness (QED) is 0.316.